The quantitative estimate of drug-likeness (QED) is 0.420. The Labute approximate surface area is 175 Å². The zero-order valence-electron chi connectivity index (χ0n) is 15.1. The number of fused-ring (bicyclic) bond motifs is 1. The van der Waals surface area contributed by atoms with E-state index < -0.39 is 45.5 Å². The van der Waals surface area contributed by atoms with E-state index in [-0.39, 0.29) is 15.4 Å². The highest BCUT2D eigenvalue weighted by Gasteiger charge is 2.29. The Morgan fingerprint density at radius 2 is 1.77 bits per heavy atom. The second-order valence-corrected chi connectivity index (χ2v) is 8.26. The van der Waals surface area contributed by atoms with Crippen molar-refractivity contribution in [2.45, 2.75) is 6.92 Å². The Morgan fingerprint density at radius 1 is 1.03 bits per heavy atom. The molecule has 0 spiro atoms. The highest BCUT2D eigenvalue weighted by Crippen LogP contribution is 2.41. The summed E-state index contributed by atoms with van der Waals surface area (Å²) in [4.78, 5) is 28.2. The summed E-state index contributed by atoms with van der Waals surface area (Å²) >= 11 is 1.36. The van der Waals surface area contributed by atoms with Gasteiger partial charge in [-0.3, -0.25) is 4.79 Å². The largest absolute Gasteiger partial charge is 0.478 e. The number of carbonyl (C=O) groups is 2. The number of aryl methyl sites for hydroxylation is 1. The maximum absolute atomic E-state index is 14.6. The number of nitrogens with zero attached hydrogens (tertiary/aromatic N) is 1. The van der Waals surface area contributed by atoms with Gasteiger partial charge >= 0.3 is 5.97 Å². The lowest BCUT2D eigenvalue weighted by Crippen LogP contribution is -2.14. The third-order valence-electron chi connectivity index (χ3n) is 4.33. The fourth-order valence-corrected chi connectivity index (χ4v) is 4.72. The molecule has 4 rings (SSSR count). The molecule has 10 heteroatoms. The van der Waals surface area contributed by atoms with E-state index in [9.17, 15) is 27.9 Å². The molecule has 5 nitrogen and oxygen atoms in total. The van der Waals surface area contributed by atoms with Crippen molar-refractivity contribution in [2.24, 2.45) is 0 Å². The third-order valence-corrected chi connectivity index (χ3v) is 6.37. The zero-order valence-corrected chi connectivity index (χ0v) is 16.8. The Bertz CT molecular complexity index is 1300. The van der Waals surface area contributed by atoms with Gasteiger partial charge in [-0.2, -0.15) is 4.39 Å². The summed E-state index contributed by atoms with van der Waals surface area (Å²) in [5.74, 6) is -4.84. The smallest absolute Gasteiger partial charge is 0.339 e. The van der Waals surface area contributed by atoms with Gasteiger partial charge in [0, 0.05) is 5.56 Å². The summed E-state index contributed by atoms with van der Waals surface area (Å²) in [5, 5.41) is 10.8. The molecule has 0 aliphatic heterocycles. The van der Waals surface area contributed by atoms with Crippen LogP contribution in [0.15, 0.2) is 36.4 Å². The third kappa shape index (κ3) is 3.33. The van der Waals surface area contributed by atoms with Gasteiger partial charge in [0.2, 0.25) is 5.13 Å². The molecular weight excluding hydrogens is 437 g/mol. The molecular formula is C20H11F3N2O3S2. The predicted molar refractivity (Wildman–Crippen MR) is 109 cm³/mol. The number of nitrogens with one attached hydrogen (secondary N) is 1. The molecule has 0 atom stereocenters. The molecule has 2 heterocycles. The highest BCUT2D eigenvalue weighted by atomic mass is 32.1. The first kappa shape index (κ1) is 20.0. The van der Waals surface area contributed by atoms with Gasteiger partial charge in [-0.1, -0.05) is 24.3 Å². The minimum Gasteiger partial charge on any atom is -0.478 e. The molecule has 0 unspecified atom stereocenters. The number of hydrogen-bond acceptors (Lipinski definition) is 5. The van der Waals surface area contributed by atoms with Crippen LogP contribution in [0, 0.1) is 23.7 Å². The maximum Gasteiger partial charge on any atom is 0.339 e. The van der Waals surface area contributed by atoms with Crippen LogP contribution >= 0.6 is 22.7 Å². The Kier molecular flexibility index (Phi) is 5.04. The number of hydrogen-bond donors (Lipinski definition) is 2. The molecule has 2 aromatic heterocycles. The Hall–Kier alpha value is -3.24. The van der Waals surface area contributed by atoms with Gasteiger partial charge in [0.05, 0.1) is 15.1 Å². The van der Waals surface area contributed by atoms with E-state index in [2.05, 4.69) is 10.3 Å². The van der Waals surface area contributed by atoms with Gasteiger partial charge in [0.1, 0.15) is 11.3 Å². The molecule has 30 heavy (non-hydrogen) atoms. The first-order valence-corrected chi connectivity index (χ1v) is 10.1. The normalized spacial score (nSPS) is 11.1. The van der Waals surface area contributed by atoms with Crippen molar-refractivity contribution >= 4 is 50.5 Å². The van der Waals surface area contributed by atoms with Crippen molar-refractivity contribution in [3.63, 3.8) is 0 Å². The van der Waals surface area contributed by atoms with Gasteiger partial charge < -0.3 is 10.4 Å². The lowest BCUT2D eigenvalue weighted by Gasteiger charge is -2.07. The summed E-state index contributed by atoms with van der Waals surface area (Å²) in [6.45, 7) is 1.35. The SMILES string of the molecule is Cc1ccc(-c2sc(F)c(NC(=O)c3nc4ccccc4s3)c2C(=O)O)c(F)c1F. The van der Waals surface area contributed by atoms with Crippen LogP contribution in [-0.2, 0) is 0 Å². The number of carboxylic acids is 1. The van der Waals surface area contributed by atoms with E-state index >= 15 is 0 Å². The lowest BCUT2D eigenvalue weighted by molar-refractivity contribution is 0.0699. The lowest BCUT2D eigenvalue weighted by atomic mass is 10.1. The highest BCUT2D eigenvalue weighted by molar-refractivity contribution is 7.20. The predicted octanol–water partition coefficient (Wildman–Crippen LogP) is 5.70. The van der Waals surface area contributed by atoms with Crippen molar-refractivity contribution in [1.82, 2.24) is 4.98 Å². The molecule has 0 bridgehead atoms. The number of halogens is 3. The van der Waals surface area contributed by atoms with Crippen LogP contribution < -0.4 is 5.32 Å². The summed E-state index contributed by atoms with van der Waals surface area (Å²) in [6.07, 6.45) is 0. The van der Waals surface area contributed by atoms with Crippen LogP contribution in [-0.4, -0.2) is 22.0 Å². The van der Waals surface area contributed by atoms with Crippen molar-refractivity contribution in [3.8, 4) is 10.4 Å². The second kappa shape index (κ2) is 7.54. The summed E-state index contributed by atoms with van der Waals surface area (Å²) in [7, 11) is 0. The monoisotopic (exact) mass is 448 g/mol. The molecule has 2 N–H and O–H groups in total. The molecule has 152 valence electrons. The number of para-hydroxylation sites is 1. The van der Waals surface area contributed by atoms with E-state index in [1.54, 1.807) is 24.3 Å². The maximum atomic E-state index is 14.6. The number of carbonyl (C=O) groups excluding carboxylic acids is 1. The van der Waals surface area contributed by atoms with Crippen LogP contribution in [0.5, 0.6) is 0 Å². The Balaban J connectivity index is 1.78. The number of thiophene rings is 1. The molecule has 2 aromatic carbocycles. The number of anilines is 1. The minimum atomic E-state index is -1.59. The van der Waals surface area contributed by atoms with Gasteiger partial charge in [0.25, 0.3) is 5.91 Å². The van der Waals surface area contributed by atoms with Gasteiger partial charge in [-0.25, -0.2) is 18.6 Å². The van der Waals surface area contributed by atoms with Crippen LogP contribution in [0.2, 0.25) is 0 Å². The number of rotatable bonds is 4. The Morgan fingerprint density at radius 3 is 2.47 bits per heavy atom. The number of aromatic nitrogens is 1. The number of aromatic carboxylic acids is 1. The summed E-state index contributed by atoms with van der Waals surface area (Å²) in [6, 6.07) is 9.39. The molecule has 0 saturated heterocycles. The number of thiazole rings is 1. The molecule has 0 fully saturated rings. The average Bonchev–Trinajstić information content (AvgIpc) is 3.28. The molecule has 1 amide bonds. The van der Waals surface area contributed by atoms with Gasteiger partial charge in [-0.15, -0.1) is 22.7 Å². The number of carboxylic acid groups (broad SMARTS) is 1. The second-order valence-electron chi connectivity index (χ2n) is 6.26. The molecule has 4 aromatic rings. The number of benzene rings is 2. The molecule has 0 aliphatic carbocycles. The molecule has 0 saturated carbocycles. The van der Waals surface area contributed by atoms with E-state index in [1.807, 2.05) is 0 Å². The first-order valence-electron chi connectivity index (χ1n) is 8.45. The topological polar surface area (TPSA) is 79.3 Å². The fraction of sp³-hybridized carbons (Fsp3) is 0.0500. The average molecular weight is 448 g/mol. The molecule has 0 radical (unpaired) electrons. The van der Waals surface area contributed by atoms with Crippen molar-refractivity contribution < 1.29 is 27.9 Å². The van der Waals surface area contributed by atoms with Crippen LogP contribution in [0.25, 0.3) is 20.7 Å². The summed E-state index contributed by atoms with van der Waals surface area (Å²) in [5.41, 5.74) is -1.09. The molecule has 0 aliphatic rings. The fourth-order valence-electron chi connectivity index (χ4n) is 2.87. The summed E-state index contributed by atoms with van der Waals surface area (Å²) < 4.78 is 43.7. The van der Waals surface area contributed by atoms with Crippen LogP contribution in [0.3, 0.4) is 0 Å². The van der Waals surface area contributed by atoms with E-state index in [0.717, 1.165) is 16.0 Å². The van der Waals surface area contributed by atoms with Crippen molar-refractivity contribution in [3.05, 3.63) is 69.3 Å². The standard InChI is InChI=1S/C20H11F3N2O3S2/c1-8-6-7-9(14(22)13(8)21)16-12(20(27)28)15(17(23)30-16)25-18(26)19-24-10-4-2-3-5-11(10)29-19/h2-7H,1H3,(H,25,26)(H,27,28). The van der Waals surface area contributed by atoms with E-state index in [1.165, 1.54) is 19.1 Å². The first-order chi connectivity index (χ1) is 14.3. The van der Waals surface area contributed by atoms with Crippen LogP contribution in [0.4, 0.5) is 18.9 Å². The van der Waals surface area contributed by atoms with E-state index in [4.69, 9.17) is 0 Å². The van der Waals surface area contributed by atoms with Crippen LogP contribution in [0.1, 0.15) is 25.7 Å². The number of amides is 1. The zero-order chi connectivity index (χ0) is 21.6. The van der Waals surface area contributed by atoms with Gasteiger partial charge in [0.15, 0.2) is 16.6 Å². The van der Waals surface area contributed by atoms with Gasteiger partial charge in [-0.05, 0) is 24.6 Å². The minimum absolute atomic E-state index is 0.00671. The van der Waals surface area contributed by atoms with Crippen molar-refractivity contribution in [1.29, 1.82) is 0 Å². The van der Waals surface area contributed by atoms with Crippen molar-refractivity contribution in [2.75, 3.05) is 5.32 Å². The van der Waals surface area contributed by atoms with E-state index in [0.29, 0.717) is 16.9 Å².